The standard InChI is InChI=1S/C7H14ClN3O/c8-1-2-10-7(9)11-3-5-12-6-4-11/h1-6H2,(H2,9,10). The lowest BCUT2D eigenvalue weighted by Crippen LogP contribution is -2.44. The number of morpholine rings is 1. The van der Waals surface area contributed by atoms with Crippen molar-refractivity contribution in [3.8, 4) is 0 Å². The van der Waals surface area contributed by atoms with E-state index in [0.29, 0.717) is 18.4 Å². The van der Waals surface area contributed by atoms with E-state index in [1.165, 1.54) is 0 Å². The number of ether oxygens (including phenoxy) is 1. The maximum atomic E-state index is 5.70. The van der Waals surface area contributed by atoms with E-state index in [1.807, 2.05) is 4.90 Å². The monoisotopic (exact) mass is 191 g/mol. The Kier molecular flexibility index (Phi) is 4.18. The van der Waals surface area contributed by atoms with Gasteiger partial charge in [-0.05, 0) is 0 Å². The zero-order valence-corrected chi connectivity index (χ0v) is 7.76. The number of rotatable bonds is 2. The third kappa shape index (κ3) is 2.87. The summed E-state index contributed by atoms with van der Waals surface area (Å²) in [5, 5.41) is 0. The van der Waals surface area contributed by atoms with Gasteiger partial charge in [-0.3, -0.25) is 4.99 Å². The molecule has 0 bridgehead atoms. The van der Waals surface area contributed by atoms with Gasteiger partial charge in [-0.1, -0.05) is 0 Å². The molecule has 0 aromatic heterocycles. The second-order valence-corrected chi connectivity index (χ2v) is 2.91. The van der Waals surface area contributed by atoms with Crippen molar-refractivity contribution in [3.63, 3.8) is 0 Å². The number of alkyl halides is 1. The quantitative estimate of drug-likeness (QED) is 0.376. The molecule has 1 saturated heterocycles. The molecular formula is C7H14ClN3O. The van der Waals surface area contributed by atoms with Gasteiger partial charge in [-0.2, -0.15) is 0 Å². The second-order valence-electron chi connectivity index (χ2n) is 2.53. The Balaban J connectivity index is 2.33. The zero-order chi connectivity index (χ0) is 8.81. The molecule has 5 heteroatoms. The summed E-state index contributed by atoms with van der Waals surface area (Å²) in [6.07, 6.45) is 0. The minimum Gasteiger partial charge on any atom is -0.378 e. The average Bonchev–Trinajstić information content (AvgIpc) is 2.15. The highest BCUT2D eigenvalue weighted by Gasteiger charge is 2.11. The molecule has 70 valence electrons. The maximum Gasteiger partial charge on any atom is 0.191 e. The minimum atomic E-state index is 0.519. The predicted molar refractivity (Wildman–Crippen MR) is 49.6 cm³/mol. The van der Waals surface area contributed by atoms with Crippen LogP contribution >= 0.6 is 11.6 Å². The molecule has 0 amide bonds. The SMILES string of the molecule is NC(=NCCCl)N1CCOCC1. The van der Waals surface area contributed by atoms with E-state index in [4.69, 9.17) is 22.1 Å². The zero-order valence-electron chi connectivity index (χ0n) is 7.00. The smallest absolute Gasteiger partial charge is 0.191 e. The van der Waals surface area contributed by atoms with E-state index in [0.717, 1.165) is 26.3 Å². The Bertz CT molecular complexity index is 157. The molecule has 12 heavy (non-hydrogen) atoms. The third-order valence-electron chi connectivity index (χ3n) is 1.69. The fraction of sp³-hybridized carbons (Fsp3) is 0.857. The fourth-order valence-corrected chi connectivity index (χ4v) is 1.13. The number of nitrogens with zero attached hydrogens (tertiary/aromatic N) is 2. The van der Waals surface area contributed by atoms with Crippen LogP contribution < -0.4 is 5.73 Å². The van der Waals surface area contributed by atoms with Gasteiger partial charge in [0.1, 0.15) is 0 Å². The Morgan fingerprint density at radius 3 is 2.75 bits per heavy atom. The fourth-order valence-electron chi connectivity index (χ4n) is 1.05. The summed E-state index contributed by atoms with van der Waals surface area (Å²) < 4.78 is 5.18. The first kappa shape index (κ1) is 9.61. The average molecular weight is 192 g/mol. The first-order valence-corrected chi connectivity index (χ1v) is 4.56. The van der Waals surface area contributed by atoms with Crippen molar-refractivity contribution in [2.45, 2.75) is 0 Å². The molecule has 1 fully saturated rings. The van der Waals surface area contributed by atoms with Crippen LogP contribution in [0.4, 0.5) is 0 Å². The van der Waals surface area contributed by atoms with Gasteiger partial charge < -0.3 is 15.4 Å². The number of hydrogen-bond acceptors (Lipinski definition) is 2. The molecule has 0 aromatic carbocycles. The van der Waals surface area contributed by atoms with Gasteiger partial charge in [0.25, 0.3) is 0 Å². The van der Waals surface area contributed by atoms with Crippen molar-refractivity contribution in [1.82, 2.24) is 4.90 Å². The van der Waals surface area contributed by atoms with Crippen molar-refractivity contribution < 1.29 is 4.74 Å². The summed E-state index contributed by atoms with van der Waals surface area (Å²) in [5.41, 5.74) is 5.70. The molecule has 2 N–H and O–H groups in total. The van der Waals surface area contributed by atoms with Crippen LogP contribution in [-0.4, -0.2) is 49.6 Å². The van der Waals surface area contributed by atoms with E-state index >= 15 is 0 Å². The van der Waals surface area contributed by atoms with Crippen LogP contribution in [0.3, 0.4) is 0 Å². The lowest BCUT2D eigenvalue weighted by molar-refractivity contribution is 0.0674. The highest BCUT2D eigenvalue weighted by Crippen LogP contribution is 1.95. The molecule has 1 aliphatic rings. The molecule has 4 nitrogen and oxygen atoms in total. The van der Waals surface area contributed by atoms with Crippen molar-refractivity contribution in [2.75, 3.05) is 38.7 Å². The van der Waals surface area contributed by atoms with Crippen molar-refractivity contribution in [1.29, 1.82) is 0 Å². The first-order chi connectivity index (χ1) is 5.84. The highest BCUT2D eigenvalue weighted by atomic mass is 35.5. The third-order valence-corrected chi connectivity index (χ3v) is 1.86. The summed E-state index contributed by atoms with van der Waals surface area (Å²) >= 11 is 5.48. The van der Waals surface area contributed by atoms with Crippen LogP contribution in [0.2, 0.25) is 0 Å². The molecular weight excluding hydrogens is 178 g/mol. The van der Waals surface area contributed by atoms with E-state index < -0.39 is 0 Å². The van der Waals surface area contributed by atoms with Crippen LogP contribution in [0.15, 0.2) is 4.99 Å². The lowest BCUT2D eigenvalue weighted by Gasteiger charge is -2.27. The van der Waals surface area contributed by atoms with E-state index in [1.54, 1.807) is 0 Å². The van der Waals surface area contributed by atoms with Gasteiger partial charge in [0.05, 0.1) is 19.8 Å². The topological polar surface area (TPSA) is 50.8 Å². The van der Waals surface area contributed by atoms with E-state index in [-0.39, 0.29) is 0 Å². The van der Waals surface area contributed by atoms with Crippen molar-refractivity contribution in [2.24, 2.45) is 10.7 Å². The van der Waals surface area contributed by atoms with Gasteiger partial charge in [0.15, 0.2) is 5.96 Å². The second kappa shape index (κ2) is 5.22. The number of aliphatic imine (C=N–C) groups is 1. The summed E-state index contributed by atoms with van der Waals surface area (Å²) in [6.45, 7) is 3.72. The minimum absolute atomic E-state index is 0.519. The Morgan fingerprint density at radius 2 is 2.17 bits per heavy atom. The number of halogens is 1. The summed E-state index contributed by atoms with van der Waals surface area (Å²) in [4.78, 5) is 6.11. The lowest BCUT2D eigenvalue weighted by atomic mass is 10.4. The molecule has 1 heterocycles. The Morgan fingerprint density at radius 1 is 1.50 bits per heavy atom. The van der Waals surface area contributed by atoms with Gasteiger partial charge in [0.2, 0.25) is 0 Å². The summed E-state index contributed by atoms with van der Waals surface area (Å²) in [5.74, 6) is 1.10. The van der Waals surface area contributed by atoms with Gasteiger partial charge in [0, 0.05) is 19.0 Å². The molecule has 0 spiro atoms. The molecule has 0 radical (unpaired) electrons. The van der Waals surface area contributed by atoms with Crippen LogP contribution in [0, 0.1) is 0 Å². The molecule has 0 saturated carbocycles. The van der Waals surface area contributed by atoms with Gasteiger partial charge in [-0.15, -0.1) is 11.6 Å². The van der Waals surface area contributed by atoms with Gasteiger partial charge >= 0.3 is 0 Å². The van der Waals surface area contributed by atoms with Crippen LogP contribution in [0.5, 0.6) is 0 Å². The normalized spacial score (nSPS) is 19.8. The maximum absolute atomic E-state index is 5.70. The largest absolute Gasteiger partial charge is 0.378 e. The molecule has 1 aliphatic heterocycles. The summed E-state index contributed by atoms with van der Waals surface area (Å²) in [6, 6.07) is 0. The molecule has 0 aliphatic carbocycles. The van der Waals surface area contributed by atoms with E-state index in [2.05, 4.69) is 4.99 Å². The van der Waals surface area contributed by atoms with Crippen LogP contribution in [-0.2, 0) is 4.74 Å². The molecule has 0 aromatic rings. The number of hydrogen-bond donors (Lipinski definition) is 1. The van der Waals surface area contributed by atoms with Gasteiger partial charge in [-0.25, -0.2) is 0 Å². The Hall–Kier alpha value is -0.480. The van der Waals surface area contributed by atoms with Crippen LogP contribution in [0.1, 0.15) is 0 Å². The van der Waals surface area contributed by atoms with Crippen molar-refractivity contribution >= 4 is 17.6 Å². The van der Waals surface area contributed by atoms with Crippen molar-refractivity contribution in [3.05, 3.63) is 0 Å². The Labute approximate surface area is 77.3 Å². The predicted octanol–water partition coefficient (Wildman–Crippen LogP) is -0.128. The molecule has 0 atom stereocenters. The number of guanidine groups is 1. The summed E-state index contributed by atoms with van der Waals surface area (Å²) in [7, 11) is 0. The molecule has 1 rings (SSSR count). The first-order valence-electron chi connectivity index (χ1n) is 4.03. The highest BCUT2D eigenvalue weighted by molar-refractivity contribution is 6.18. The molecule has 0 unspecified atom stereocenters. The van der Waals surface area contributed by atoms with Crippen LogP contribution in [0.25, 0.3) is 0 Å². The number of nitrogens with two attached hydrogens (primary N) is 1. The van der Waals surface area contributed by atoms with E-state index in [9.17, 15) is 0 Å².